The molecule has 0 atom stereocenters. The summed E-state index contributed by atoms with van der Waals surface area (Å²) in [6.07, 6.45) is 1.32. The van der Waals surface area contributed by atoms with Gasteiger partial charge >= 0.3 is 0 Å². The number of hydrazine groups is 1. The Kier molecular flexibility index (Phi) is 5.44. The number of benzene rings is 3. The topological polar surface area (TPSA) is 122 Å². The first-order chi connectivity index (χ1) is 15.0. The zero-order chi connectivity index (χ0) is 21.8. The molecule has 0 saturated heterocycles. The molecule has 0 fully saturated rings. The number of carbonyl (C=O) groups is 2. The summed E-state index contributed by atoms with van der Waals surface area (Å²) >= 11 is 0. The van der Waals surface area contributed by atoms with Crippen molar-refractivity contribution in [1.82, 2.24) is 15.4 Å². The third-order valence-corrected chi connectivity index (χ3v) is 4.74. The lowest BCUT2D eigenvalue weighted by atomic mass is 10.0. The van der Waals surface area contributed by atoms with Crippen LogP contribution in [0.15, 0.2) is 73.1 Å². The molecule has 3 aromatic carbocycles. The van der Waals surface area contributed by atoms with Crippen LogP contribution in [0.3, 0.4) is 0 Å². The Morgan fingerprint density at radius 3 is 2.48 bits per heavy atom. The van der Waals surface area contributed by atoms with Gasteiger partial charge < -0.3 is 11.1 Å². The number of nitrogen functional groups attached to an aromatic ring is 1. The molecule has 4 rings (SSSR count). The third kappa shape index (κ3) is 4.27. The highest BCUT2D eigenvalue weighted by atomic mass is 16.2. The van der Waals surface area contributed by atoms with Crippen molar-refractivity contribution < 1.29 is 9.59 Å². The summed E-state index contributed by atoms with van der Waals surface area (Å²) in [5.41, 5.74) is 13.5. The molecule has 0 spiro atoms. The number of nitrogens with two attached hydrogens (primary N) is 1. The van der Waals surface area contributed by atoms with Gasteiger partial charge in [-0.1, -0.05) is 48.5 Å². The minimum atomic E-state index is -0.321. The van der Waals surface area contributed by atoms with Gasteiger partial charge in [-0.25, -0.2) is 9.97 Å². The van der Waals surface area contributed by atoms with Gasteiger partial charge in [-0.3, -0.25) is 20.4 Å². The van der Waals surface area contributed by atoms with E-state index in [-0.39, 0.29) is 23.2 Å². The Morgan fingerprint density at radius 2 is 1.65 bits per heavy atom. The highest BCUT2D eigenvalue weighted by Crippen LogP contribution is 2.26. The molecule has 0 aliphatic heterocycles. The fourth-order valence-corrected chi connectivity index (χ4v) is 3.15. The number of amides is 1. The van der Waals surface area contributed by atoms with Crippen LogP contribution in [0.4, 0.5) is 23.0 Å². The van der Waals surface area contributed by atoms with Crippen LogP contribution in [0.1, 0.15) is 27.6 Å². The normalized spacial score (nSPS) is 10.5. The average Bonchev–Trinajstić information content (AvgIpc) is 2.79. The number of Topliss-reactive ketones (excluding diaryl/α,β-unsaturated/α-hetero) is 1. The van der Waals surface area contributed by atoms with Gasteiger partial charge in [0.2, 0.25) is 0 Å². The maximum absolute atomic E-state index is 12.7. The molecule has 1 amide bonds. The van der Waals surface area contributed by atoms with E-state index in [9.17, 15) is 9.59 Å². The SMILES string of the molecule is CC(=O)c1cccc(Nc2ncnc(NNC(=O)c3cccc4ccccc34)c2N)c1. The maximum atomic E-state index is 12.7. The van der Waals surface area contributed by atoms with Gasteiger partial charge in [0.25, 0.3) is 5.91 Å². The molecule has 0 aliphatic carbocycles. The summed E-state index contributed by atoms with van der Waals surface area (Å²) in [5.74, 6) is 0.225. The summed E-state index contributed by atoms with van der Waals surface area (Å²) in [7, 11) is 0. The monoisotopic (exact) mass is 412 g/mol. The highest BCUT2D eigenvalue weighted by molar-refractivity contribution is 6.07. The smallest absolute Gasteiger partial charge is 0.270 e. The van der Waals surface area contributed by atoms with Gasteiger partial charge in [0.05, 0.1) is 0 Å². The van der Waals surface area contributed by atoms with Crippen LogP contribution in [-0.2, 0) is 0 Å². The first-order valence-electron chi connectivity index (χ1n) is 9.55. The van der Waals surface area contributed by atoms with E-state index in [0.29, 0.717) is 22.6 Å². The van der Waals surface area contributed by atoms with Crippen molar-refractivity contribution in [3.05, 3.63) is 84.2 Å². The lowest BCUT2D eigenvalue weighted by Crippen LogP contribution is -2.30. The van der Waals surface area contributed by atoms with Crippen LogP contribution in [0, 0.1) is 0 Å². The predicted octanol–water partition coefficient (Wildman–Crippen LogP) is 3.92. The Balaban J connectivity index is 1.51. The second kappa shape index (κ2) is 8.50. The predicted molar refractivity (Wildman–Crippen MR) is 121 cm³/mol. The number of anilines is 4. The van der Waals surface area contributed by atoms with E-state index in [1.807, 2.05) is 36.4 Å². The number of nitrogens with zero attached hydrogens (tertiary/aromatic N) is 2. The van der Waals surface area contributed by atoms with E-state index in [4.69, 9.17) is 5.73 Å². The van der Waals surface area contributed by atoms with Crippen molar-refractivity contribution in [3.63, 3.8) is 0 Å². The largest absolute Gasteiger partial charge is 0.393 e. The van der Waals surface area contributed by atoms with Crippen molar-refractivity contribution in [2.45, 2.75) is 6.92 Å². The Morgan fingerprint density at radius 1 is 0.903 bits per heavy atom. The standard InChI is InChI=1S/C23H20N6O2/c1-14(30)16-8-4-9-17(12-16)27-21-20(24)22(26-13-25-21)28-29-23(31)19-11-5-7-15-6-2-3-10-18(15)19/h2-13H,24H2,1H3,(H,29,31)(H2,25,26,27,28). The van der Waals surface area contributed by atoms with Crippen LogP contribution in [0.2, 0.25) is 0 Å². The molecule has 1 aromatic heterocycles. The lowest BCUT2D eigenvalue weighted by Gasteiger charge is -2.14. The van der Waals surface area contributed by atoms with E-state index in [1.54, 1.807) is 30.3 Å². The van der Waals surface area contributed by atoms with Crippen LogP contribution >= 0.6 is 0 Å². The quantitative estimate of drug-likeness (QED) is 0.280. The maximum Gasteiger partial charge on any atom is 0.270 e. The van der Waals surface area contributed by atoms with Crippen molar-refractivity contribution in [2.24, 2.45) is 0 Å². The van der Waals surface area contributed by atoms with Crippen molar-refractivity contribution >= 4 is 45.5 Å². The van der Waals surface area contributed by atoms with E-state index in [2.05, 4.69) is 26.1 Å². The fraction of sp³-hybridized carbons (Fsp3) is 0.0435. The number of rotatable bonds is 6. The molecule has 8 nitrogen and oxygen atoms in total. The molecule has 0 saturated carbocycles. The van der Waals surface area contributed by atoms with Crippen LogP contribution < -0.4 is 21.9 Å². The number of aromatic nitrogens is 2. The number of carbonyl (C=O) groups excluding carboxylic acids is 2. The minimum Gasteiger partial charge on any atom is -0.393 e. The van der Waals surface area contributed by atoms with Gasteiger partial charge in [-0.15, -0.1) is 0 Å². The highest BCUT2D eigenvalue weighted by Gasteiger charge is 2.13. The number of nitrogens with one attached hydrogen (secondary N) is 3. The Bertz CT molecular complexity index is 1280. The Labute approximate surface area is 178 Å². The molecule has 31 heavy (non-hydrogen) atoms. The molecule has 154 valence electrons. The molecule has 5 N–H and O–H groups in total. The zero-order valence-electron chi connectivity index (χ0n) is 16.7. The van der Waals surface area contributed by atoms with Crippen LogP contribution in [0.25, 0.3) is 10.8 Å². The molecule has 0 unspecified atom stereocenters. The average molecular weight is 412 g/mol. The zero-order valence-corrected chi connectivity index (χ0v) is 16.7. The number of hydrogen-bond acceptors (Lipinski definition) is 7. The summed E-state index contributed by atoms with van der Waals surface area (Å²) in [6.45, 7) is 1.50. The molecular formula is C23H20N6O2. The summed E-state index contributed by atoms with van der Waals surface area (Å²) in [4.78, 5) is 32.6. The third-order valence-electron chi connectivity index (χ3n) is 4.74. The first kappa shape index (κ1) is 19.8. The van der Waals surface area contributed by atoms with E-state index in [1.165, 1.54) is 13.3 Å². The van der Waals surface area contributed by atoms with Crippen LogP contribution in [0.5, 0.6) is 0 Å². The second-order valence-corrected chi connectivity index (χ2v) is 6.85. The van der Waals surface area contributed by atoms with Crippen LogP contribution in [-0.4, -0.2) is 21.7 Å². The molecule has 0 radical (unpaired) electrons. The van der Waals surface area contributed by atoms with Crippen molar-refractivity contribution in [1.29, 1.82) is 0 Å². The molecule has 1 heterocycles. The fourth-order valence-electron chi connectivity index (χ4n) is 3.15. The number of hydrogen-bond donors (Lipinski definition) is 4. The van der Waals surface area contributed by atoms with Gasteiger partial charge in [-0.2, -0.15) is 0 Å². The Hall–Kier alpha value is -4.46. The van der Waals surface area contributed by atoms with E-state index < -0.39 is 0 Å². The van der Waals surface area contributed by atoms with Crippen molar-refractivity contribution in [3.8, 4) is 0 Å². The van der Waals surface area contributed by atoms with Gasteiger partial charge in [0, 0.05) is 16.8 Å². The second-order valence-electron chi connectivity index (χ2n) is 6.85. The lowest BCUT2D eigenvalue weighted by molar-refractivity contribution is 0.0963. The van der Waals surface area contributed by atoms with Crippen molar-refractivity contribution in [2.75, 3.05) is 16.5 Å². The summed E-state index contributed by atoms with van der Waals surface area (Å²) in [6, 6.07) is 20.2. The van der Waals surface area contributed by atoms with Gasteiger partial charge in [0.1, 0.15) is 12.0 Å². The van der Waals surface area contributed by atoms with Gasteiger partial charge in [-0.05, 0) is 35.9 Å². The summed E-state index contributed by atoms with van der Waals surface area (Å²) in [5, 5.41) is 4.88. The first-order valence-corrected chi connectivity index (χ1v) is 9.55. The number of fused-ring (bicyclic) bond motifs is 1. The van der Waals surface area contributed by atoms with E-state index in [0.717, 1.165) is 10.8 Å². The molecule has 4 aromatic rings. The molecule has 0 bridgehead atoms. The minimum absolute atomic E-state index is 0.0437. The van der Waals surface area contributed by atoms with E-state index >= 15 is 0 Å². The summed E-state index contributed by atoms with van der Waals surface area (Å²) < 4.78 is 0. The molecular weight excluding hydrogens is 392 g/mol. The molecule has 0 aliphatic rings. The van der Waals surface area contributed by atoms with Gasteiger partial charge in [0.15, 0.2) is 17.4 Å². The molecule has 8 heteroatoms. The number of ketones is 1.